The zero-order chi connectivity index (χ0) is 20.5. The molecule has 0 saturated carbocycles. The summed E-state index contributed by atoms with van der Waals surface area (Å²) < 4.78 is 40.0. The van der Waals surface area contributed by atoms with E-state index < -0.39 is 23.9 Å². The van der Waals surface area contributed by atoms with E-state index in [2.05, 4.69) is 4.98 Å². The number of hydrogen-bond donors (Lipinski definition) is 1. The first-order valence-electron chi connectivity index (χ1n) is 8.91. The lowest BCUT2D eigenvalue weighted by Crippen LogP contribution is -2.42. The van der Waals surface area contributed by atoms with Gasteiger partial charge in [-0.3, -0.25) is 4.90 Å². The van der Waals surface area contributed by atoms with E-state index in [0.717, 1.165) is 18.0 Å². The highest BCUT2D eigenvalue weighted by Crippen LogP contribution is 2.34. The van der Waals surface area contributed by atoms with Crippen LogP contribution < -0.4 is 0 Å². The highest BCUT2D eigenvalue weighted by atomic mass is 19.4. The van der Waals surface area contributed by atoms with E-state index in [4.69, 9.17) is 0 Å². The van der Waals surface area contributed by atoms with Crippen LogP contribution in [0.25, 0.3) is 0 Å². The van der Waals surface area contributed by atoms with E-state index in [-0.39, 0.29) is 12.2 Å². The molecule has 0 radical (unpaired) electrons. The van der Waals surface area contributed by atoms with E-state index >= 15 is 0 Å². The molecule has 1 amide bonds. The summed E-state index contributed by atoms with van der Waals surface area (Å²) in [6.45, 7) is 2.61. The van der Waals surface area contributed by atoms with Gasteiger partial charge in [-0.15, -0.1) is 0 Å². The third-order valence-corrected chi connectivity index (χ3v) is 5.00. The summed E-state index contributed by atoms with van der Waals surface area (Å²) in [6, 6.07) is 6.31. The summed E-state index contributed by atoms with van der Waals surface area (Å²) in [5.74, 6) is 0.733. The van der Waals surface area contributed by atoms with Crippen LogP contribution >= 0.6 is 0 Å². The summed E-state index contributed by atoms with van der Waals surface area (Å²) in [5, 5.41) is 19.0. The maximum absolute atomic E-state index is 12.7. The number of alkyl halides is 3. The second-order valence-corrected chi connectivity index (χ2v) is 6.60. The van der Waals surface area contributed by atoms with E-state index in [0.29, 0.717) is 37.1 Å². The Morgan fingerprint density at radius 3 is 2.54 bits per heavy atom. The molecule has 1 aliphatic heterocycles. The van der Waals surface area contributed by atoms with Crippen molar-refractivity contribution >= 4 is 6.09 Å². The van der Waals surface area contributed by atoms with Crippen LogP contribution in [0, 0.1) is 11.3 Å². The zero-order valence-electron chi connectivity index (χ0n) is 15.2. The molecule has 1 aliphatic rings. The fourth-order valence-corrected chi connectivity index (χ4v) is 3.65. The molecule has 1 N–H and O–H groups in total. The smallest absolute Gasteiger partial charge is 0.416 e. The Morgan fingerprint density at radius 2 is 2.00 bits per heavy atom. The lowest BCUT2D eigenvalue weighted by Gasteiger charge is -2.35. The molecule has 0 aliphatic carbocycles. The third kappa shape index (κ3) is 3.67. The molecule has 28 heavy (non-hydrogen) atoms. The summed E-state index contributed by atoms with van der Waals surface area (Å²) in [5.41, 5.74) is 0.725. The molecule has 2 heterocycles. The van der Waals surface area contributed by atoms with Gasteiger partial charge in [0, 0.05) is 19.5 Å². The number of nitriles is 1. The number of halogens is 3. The van der Waals surface area contributed by atoms with Crippen molar-refractivity contribution in [2.24, 2.45) is 0 Å². The van der Waals surface area contributed by atoms with Crippen molar-refractivity contribution < 1.29 is 23.1 Å². The largest absolute Gasteiger partial charge is 0.465 e. The van der Waals surface area contributed by atoms with E-state index in [9.17, 15) is 28.3 Å². The van der Waals surface area contributed by atoms with Gasteiger partial charge in [0.05, 0.1) is 17.3 Å². The SMILES string of the molecule is CCc1nc(C#N)c2n1CCN(C(=O)O)C2CCc1ccc(C(F)(F)F)cc1. The maximum Gasteiger partial charge on any atom is 0.416 e. The first-order valence-corrected chi connectivity index (χ1v) is 8.91. The lowest BCUT2D eigenvalue weighted by atomic mass is 9.98. The Hall–Kier alpha value is -3.02. The van der Waals surface area contributed by atoms with Crippen LogP contribution in [0.5, 0.6) is 0 Å². The fourth-order valence-electron chi connectivity index (χ4n) is 3.65. The Kier molecular flexibility index (Phi) is 5.31. The van der Waals surface area contributed by atoms with E-state index in [1.54, 1.807) is 0 Å². The predicted molar refractivity (Wildman–Crippen MR) is 93.6 cm³/mol. The summed E-state index contributed by atoms with van der Waals surface area (Å²) >= 11 is 0. The van der Waals surface area contributed by atoms with Gasteiger partial charge < -0.3 is 9.67 Å². The van der Waals surface area contributed by atoms with Crippen molar-refractivity contribution in [3.63, 3.8) is 0 Å². The van der Waals surface area contributed by atoms with Gasteiger partial charge in [-0.25, -0.2) is 9.78 Å². The normalized spacial score (nSPS) is 16.5. The van der Waals surface area contributed by atoms with Crippen LogP contribution in [0.15, 0.2) is 24.3 Å². The Morgan fingerprint density at radius 1 is 1.32 bits per heavy atom. The Bertz CT molecular complexity index is 913. The number of benzene rings is 1. The number of rotatable bonds is 4. The van der Waals surface area contributed by atoms with Crippen molar-refractivity contribution in [1.29, 1.82) is 5.26 Å². The highest BCUT2D eigenvalue weighted by molar-refractivity contribution is 5.66. The second-order valence-electron chi connectivity index (χ2n) is 6.60. The third-order valence-electron chi connectivity index (χ3n) is 5.00. The molecule has 1 atom stereocenters. The van der Waals surface area contributed by atoms with E-state index in [1.807, 2.05) is 17.6 Å². The molecule has 9 heteroatoms. The first-order chi connectivity index (χ1) is 13.3. The van der Waals surface area contributed by atoms with Gasteiger partial charge in [-0.05, 0) is 30.5 Å². The van der Waals surface area contributed by atoms with Gasteiger partial charge in [-0.2, -0.15) is 18.4 Å². The highest BCUT2D eigenvalue weighted by Gasteiger charge is 2.35. The zero-order valence-corrected chi connectivity index (χ0v) is 15.2. The molecule has 3 rings (SSSR count). The van der Waals surface area contributed by atoms with Crippen molar-refractivity contribution in [1.82, 2.24) is 14.5 Å². The minimum absolute atomic E-state index is 0.209. The van der Waals surface area contributed by atoms with Crippen LogP contribution in [0.3, 0.4) is 0 Å². The maximum atomic E-state index is 12.7. The van der Waals surface area contributed by atoms with Gasteiger partial charge in [0.25, 0.3) is 0 Å². The molecule has 1 unspecified atom stereocenters. The van der Waals surface area contributed by atoms with Crippen LogP contribution in [-0.2, 0) is 25.6 Å². The quantitative estimate of drug-likeness (QED) is 0.853. The Balaban J connectivity index is 1.88. The number of amides is 1. The molecule has 1 aromatic carbocycles. The van der Waals surface area contributed by atoms with Crippen LogP contribution in [0.2, 0.25) is 0 Å². The first kappa shape index (κ1) is 19.7. The molecule has 0 spiro atoms. The number of hydrogen-bond acceptors (Lipinski definition) is 3. The van der Waals surface area contributed by atoms with Crippen molar-refractivity contribution in [2.45, 2.75) is 44.9 Å². The number of carboxylic acid groups (broad SMARTS) is 1. The lowest BCUT2D eigenvalue weighted by molar-refractivity contribution is -0.137. The van der Waals surface area contributed by atoms with Gasteiger partial charge in [0.1, 0.15) is 11.9 Å². The number of nitrogens with zero attached hydrogens (tertiary/aromatic N) is 4. The molecule has 0 fully saturated rings. The second kappa shape index (κ2) is 7.54. The number of carbonyl (C=O) groups is 1. The van der Waals surface area contributed by atoms with Gasteiger partial charge in [0.2, 0.25) is 0 Å². The van der Waals surface area contributed by atoms with Crippen molar-refractivity contribution in [2.75, 3.05) is 6.54 Å². The summed E-state index contributed by atoms with van der Waals surface area (Å²) in [7, 11) is 0. The predicted octanol–water partition coefficient (Wildman–Crippen LogP) is 4.00. The minimum atomic E-state index is -4.40. The van der Waals surface area contributed by atoms with E-state index in [1.165, 1.54) is 17.0 Å². The fraction of sp³-hybridized carbons (Fsp3) is 0.421. The van der Waals surface area contributed by atoms with Crippen LogP contribution in [0.4, 0.5) is 18.0 Å². The molecular formula is C19H19F3N4O2. The van der Waals surface area contributed by atoms with Gasteiger partial charge >= 0.3 is 12.3 Å². The molecule has 148 valence electrons. The van der Waals surface area contributed by atoms with Gasteiger partial charge in [-0.1, -0.05) is 19.1 Å². The molecule has 6 nitrogen and oxygen atoms in total. The monoisotopic (exact) mass is 392 g/mol. The molecule has 2 aromatic rings. The number of imidazole rings is 1. The molecular weight excluding hydrogens is 373 g/mol. The number of fused-ring (bicyclic) bond motifs is 1. The van der Waals surface area contributed by atoms with Crippen molar-refractivity contribution in [3.8, 4) is 6.07 Å². The van der Waals surface area contributed by atoms with Crippen LogP contribution in [0.1, 0.15) is 47.7 Å². The minimum Gasteiger partial charge on any atom is -0.465 e. The van der Waals surface area contributed by atoms with Crippen molar-refractivity contribution in [3.05, 3.63) is 52.6 Å². The Labute approximate surface area is 159 Å². The summed E-state index contributed by atoms with van der Waals surface area (Å²) in [6.07, 6.45) is -4.14. The molecule has 0 bridgehead atoms. The average molecular weight is 392 g/mol. The standard InChI is InChI=1S/C19H19F3N4O2/c1-2-16-24-14(11-23)17-15(25(18(27)28)9-10-26(16)17)8-5-12-3-6-13(7-4-12)19(20,21)22/h3-4,6-7,15H,2,5,8-10H2,1H3,(H,27,28). The number of aryl methyl sites for hydroxylation is 2. The molecule has 0 saturated heterocycles. The molecule has 1 aromatic heterocycles. The summed E-state index contributed by atoms with van der Waals surface area (Å²) in [4.78, 5) is 17.3. The topological polar surface area (TPSA) is 82.2 Å². The van der Waals surface area contributed by atoms with Gasteiger partial charge in [0.15, 0.2) is 5.69 Å². The van der Waals surface area contributed by atoms with Crippen LogP contribution in [-0.4, -0.2) is 32.2 Å². The number of aromatic nitrogens is 2. The average Bonchev–Trinajstić information content (AvgIpc) is 3.03.